The lowest BCUT2D eigenvalue weighted by molar-refractivity contribution is 0.325. The van der Waals surface area contributed by atoms with E-state index in [0.29, 0.717) is 11.4 Å². The highest BCUT2D eigenvalue weighted by molar-refractivity contribution is 7.92. The maximum Gasteiger partial charge on any atom is 0.183 e. The Balaban J connectivity index is 1.45. The van der Waals surface area contributed by atoms with Crippen molar-refractivity contribution in [2.45, 2.75) is 36.1 Å². The number of aromatic nitrogens is 2. The second-order valence-electron chi connectivity index (χ2n) is 7.35. The second kappa shape index (κ2) is 6.29. The number of sulfone groups is 1. The molecule has 0 amide bonds. The van der Waals surface area contributed by atoms with E-state index in [1.165, 1.54) is 0 Å². The summed E-state index contributed by atoms with van der Waals surface area (Å²) in [5.74, 6) is 0.0600. The van der Waals surface area contributed by atoms with E-state index in [2.05, 4.69) is 39.8 Å². The molecule has 27 heavy (non-hydrogen) atoms. The zero-order chi connectivity index (χ0) is 18.6. The van der Waals surface area contributed by atoms with Gasteiger partial charge in [-0.25, -0.2) is 8.42 Å². The molecule has 1 saturated heterocycles. The van der Waals surface area contributed by atoms with Crippen molar-refractivity contribution < 1.29 is 8.42 Å². The Kier molecular flexibility index (Phi) is 4.00. The van der Waals surface area contributed by atoms with Gasteiger partial charge < -0.3 is 0 Å². The summed E-state index contributed by atoms with van der Waals surface area (Å²) in [5, 5.41) is 8.16. The lowest BCUT2D eigenvalue weighted by atomic mass is 9.95. The van der Waals surface area contributed by atoms with Gasteiger partial charge in [0.15, 0.2) is 9.84 Å². The summed E-state index contributed by atoms with van der Waals surface area (Å²) in [6.07, 6.45) is 3.93. The predicted molar refractivity (Wildman–Crippen MR) is 107 cm³/mol. The van der Waals surface area contributed by atoms with Crippen LogP contribution < -0.4 is 0 Å². The predicted octanol–water partition coefficient (Wildman–Crippen LogP) is 3.39. The average Bonchev–Trinajstić information content (AvgIpc) is 3.43. The molecule has 2 atom stereocenters. The van der Waals surface area contributed by atoms with Crippen molar-refractivity contribution in [2.75, 3.05) is 13.1 Å². The SMILES string of the molecule is CCn1cc(CN2CC3c4cc(-c5ccsc5)ccc4S(=O)(=O)C3C2)cn1. The maximum absolute atomic E-state index is 13.1. The van der Waals surface area contributed by atoms with Gasteiger partial charge in [0, 0.05) is 43.9 Å². The Hall–Kier alpha value is -1.96. The van der Waals surface area contributed by atoms with E-state index in [1.807, 2.05) is 29.2 Å². The van der Waals surface area contributed by atoms with Gasteiger partial charge in [-0.1, -0.05) is 6.07 Å². The fourth-order valence-electron chi connectivity index (χ4n) is 4.38. The van der Waals surface area contributed by atoms with Crippen LogP contribution in [0.3, 0.4) is 0 Å². The molecule has 1 aromatic carbocycles. The molecule has 7 heteroatoms. The lowest BCUT2D eigenvalue weighted by Crippen LogP contribution is -2.25. The molecule has 0 radical (unpaired) electrons. The van der Waals surface area contributed by atoms with Gasteiger partial charge in [0.25, 0.3) is 0 Å². The summed E-state index contributed by atoms with van der Waals surface area (Å²) >= 11 is 1.66. The van der Waals surface area contributed by atoms with Gasteiger partial charge in [-0.3, -0.25) is 9.58 Å². The van der Waals surface area contributed by atoms with Gasteiger partial charge in [-0.05, 0) is 52.6 Å². The molecule has 2 aromatic heterocycles. The smallest absolute Gasteiger partial charge is 0.183 e. The molecule has 5 rings (SSSR count). The Morgan fingerprint density at radius 1 is 1.22 bits per heavy atom. The number of hydrogen-bond donors (Lipinski definition) is 0. The third-order valence-corrected chi connectivity index (χ3v) is 8.67. The van der Waals surface area contributed by atoms with Gasteiger partial charge in [-0.15, -0.1) is 0 Å². The summed E-state index contributed by atoms with van der Waals surface area (Å²) in [7, 11) is -3.25. The van der Waals surface area contributed by atoms with E-state index in [9.17, 15) is 8.42 Å². The van der Waals surface area contributed by atoms with Crippen molar-refractivity contribution in [3.63, 3.8) is 0 Å². The highest BCUT2D eigenvalue weighted by atomic mass is 32.2. The summed E-state index contributed by atoms with van der Waals surface area (Å²) in [6.45, 7) is 5.03. The molecule has 0 N–H and O–H groups in total. The van der Waals surface area contributed by atoms with Crippen LogP contribution in [0, 0.1) is 0 Å². The molecule has 5 nitrogen and oxygen atoms in total. The van der Waals surface area contributed by atoms with Crippen LogP contribution in [0.4, 0.5) is 0 Å². The zero-order valence-electron chi connectivity index (χ0n) is 15.1. The number of nitrogens with zero attached hydrogens (tertiary/aromatic N) is 3. The maximum atomic E-state index is 13.1. The third kappa shape index (κ3) is 2.76. The van der Waals surface area contributed by atoms with Crippen LogP contribution in [0.25, 0.3) is 11.1 Å². The standard InChI is InChI=1S/C20H21N3O2S2/c1-2-23-10-14(8-21-23)9-22-11-18-17-7-15(16-5-6-26-13-16)3-4-19(17)27(24,25)20(18)12-22/h3-8,10,13,18,20H,2,9,11-12H2,1H3. The highest BCUT2D eigenvalue weighted by Crippen LogP contribution is 2.46. The van der Waals surface area contributed by atoms with E-state index in [-0.39, 0.29) is 11.2 Å². The van der Waals surface area contributed by atoms with E-state index in [0.717, 1.165) is 41.9 Å². The molecule has 1 fully saturated rings. The Bertz CT molecular complexity index is 1090. The number of hydrogen-bond acceptors (Lipinski definition) is 5. The zero-order valence-corrected chi connectivity index (χ0v) is 16.7. The number of rotatable bonds is 4. The van der Waals surface area contributed by atoms with Gasteiger partial charge in [0.05, 0.1) is 16.3 Å². The van der Waals surface area contributed by atoms with E-state index < -0.39 is 9.84 Å². The number of benzene rings is 1. The highest BCUT2D eigenvalue weighted by Gasteiger charge is 2.50. The lowest BCUT2D eigenvalue weighted by Gasteiger charge is -2.16. The molecule has 2 aliphatic rings. The molecular formula is C20H21N3O2S2. The molecule has 2 aliphatic heterocycles. The van der Waals surface area contributed by atoms with Crippen molar-refractivity contribution in [3.05, 3.63) is 58.5 Å². The van der Waals surface area contributed by atoms with Crippen molar-refractivity contribution in [3.8, 4) is 11.1 Å². The van der Waals surface area contributed by atoms with Crippen LogP contribution >= 0.6 is 11.3 Å². The minimum atomic E-state index is -3.25. The van der Waals surface area contributed by atoms with Gasteiger partial charge >= 0.3 is 0 Å². The quantitative estimate of drug-likeness (QED) is 0.675. The third-order valence-electron chi connectivity index (χ3n) is 5.73. The monoisotopic (exact) mass is 399 g/mol. The van der Waals surface area contributed by atoms with Crippen molar-refractivity contribution in [1.29, 1.82) is 0 Å². The van der Waals surface area contributed by atoms with Crippen LogP contribution in [0.5, 0.6) is 0 Å². The van der Waals surface area contributed by atoms with Crippen LogP contribution in [0.2, 0.25) is 0 Å². The number of thiophene rings is 1. The first-order chi connectivity index (χ1) is 13.1. The normalized spacial score (nSPS) is 23.4. The summed E-state index contributed by atoms with van der Waals surface area (Å²) in [4.78, 5) is 2.79. The molecule has 0 aliphatic carbocycles. The van der Waals surface area contributed by atoms with Crippen LogP contribution in [-0.2, 0) is 22.9 Å². The fourth-order valence-corrected chi connectivity index (χ4v) is 7.24. The Morgan fingerprint density at radius 2 is 2.11 bits per heavy atom. The molecular weight excluding hydrogens is 378 g/mol. The average molecular weight is 400 g/mol. The van der Waals surface area contributed by atoms with Crippen LogP contribution in [0.15, 0.2) is 52.3 Å². The number of likely N-dealkylation sites (tertiary alicyclic amines) is 1. The van der Waals surface area contributed by atoms with Crippen molar-refractivity contribution in [2.24, 2.45) is 0 Å². The first kappa shape index (κ1) is 17.2. The van der Waals surface area contributed by atoms with Gasteiger partial charge in [-0.2, -0.15) is 16.4 Å². The van der Waals surface area contributed by atoms with E-state index >= 15 is 0 Å². The molecule has 3 aromatic rings. The molecule has 140 valence electrons. The molecule has 0 bridgehead atoms. The molecule has 2 unspecified atom stereocenters. The number of aryl methyl sites for hydroxylation is 1. The molecule has 0 spiro atoms. The van der Waals surface area contributed by atoms with Crippen molar-refractivity contribution in [1.82, 2.24) is 14.7 Å². The first-order valence-electron chi connectivity index (χ1n) is 9.20. The van der Waals surface area contributed by atoms with E-state index in [4.69, 9.17) is 0 Å². The van der Waals surface area contributed by atoms with Gasteiger partial charge in [0.2, 0.25) is 0 Å². The van der Waals surface area contributed by atoms with Crippen LogP contribution in [-0.4, -0.2) is 41.4 Å². The van der Waals surface area contributed by atoms with Crippen LogP contribution in [0.1, 0.15) is 24.0 Å². The van der Waals surface area contributed by atoms with E-state index in [1.54, 1.807) is 11.3 Å². The Labute approximate surface area is 163 Å². The summed E-state index contributed by atoms with van der Waals surface area (Å²) < 4.78 is 28.0. The number of fused-ring (bicyclic) bond motifs is 3. The Morgan fingerprint density at radius 3 is 2.85 bits per heavy atom. The summed E-state index contributed by atoms with van der Waals surface area (Å²) in [6, 6.07) is 7.93. The fraction of sp³-hybridized carbons (Fsp3) is 0.350. The minimum Gasteiger partial charge on any atom is -0.297 e. The molecule has 0 saturated carbocycles. The molecule has 4 heterocycles. The topological polar surface area (TPSA) is 55.2 Å². The minimum absolute atomic E-state index is 0.0600. The van der Waals surface area contributed by atoms with Crippen molar-refractivity contribution >= 4 is 21.2 Å². The summed E-state index contributed by atoms with van der Waals surface area (Å²) in [5.41, 5.74) is 4.40. The first-order valence-corrected chi connectivity index (χ1v) is 11.7. The largest absolute Gasteiger partial charge is 0.297 e. The second-order valence-corrected chi connectivity index (χ2v) is 10.3. The van der Waals surface area contributed by atoms with Gasteiger partial charge in [0.1, 0.15) is 0 Å².